The Morgan fingerprint density at radius 2 is 1.86 bits per heavy atom. The number of pyridine rings is 1. The van der Waals surface area contributed by atoms with Crippen LogP contribution in [0, 0.1) is 13.8 Å². The Labute approximate surface area is 132 Å². The van der Waals surface area contributed by atoms with Gasteiger partial charge in [-0.25, -0.2) is 0 Å². The van der Waals surface area contributed by atoms with E-state index in [1.807, 2.05) is 18.2 Å². The largest absolute Gasteiger partial charge is 0.398 e. The monoisotopic (exact) mass is 341 g/mol. The predicted molar refractivity (Wildman–Crippen MR) is 93.1 cm³/mol. The molecule has 1 heterocycles. The van der Waals surface area contributed by atoms with Crippen molar-refractivity contribution in [1.29, 1.82) is 0 Å². The zero-order chi connectivity index (χ0) is 15.0. The lowest BCUT2D eigenvalue weighted by atomic mass is 10.1. The molecule has 0 atom stereocenters. The topological polar surface area (TPSA) is 50.9 Å². The SMILES string of the molecule is Cc1ccc(Nc2ccc(N)c3cc(Br)cnc23)cc1C. The van der Waals surface area contributed by atoms with Gasteiger partial charge < -0.3 is 11.1 Å². The Kier molecular flexibility index (Phi) is 3.55. The lowest BCUT2D eigenvalue weighted by Crippen LogP contribution is -1.96. The molecule has 0 aliphatic carbocycles. The first kappa shape index (κ1) is 13.9. The summed E-state index contributed by atoms with van der Waals surface area (Å²) < 4.78 is 0.921. The van der Waals surface area contributed by atoms with Crippen molar-refractivity contribution in [2.75, 3.05) is 11.1 Å². The van der Waals surface area contributed by atoms with E-state index in [2.05, 4.69) is 58.3 Å². The van der Waals surface area contributed by atoms with Crippen LogP contribution in [0.2, 0.25) is 0 Å². The van der Waals surface area contributed by atoms with Crippen molar-refractivity contribution in [2.45, 2.75) is 13.8 Å². The van der Waals surface area contributed by atoms with E-state index in [0.717, 1.165) is 32.4 Å². The highest BCUT2D eigenvalue weighted by Gasteiger charge is 2.07. The molecule has 0 aliphatic heterocycles. The molecule has 0 saturated heterocycles. The lowest BCUT2D eigenvalue weighted by Gasteiger charge is -2.12. The third-order valence-corrected chi connectivity index (χ3v) is 4.07. The van der Waals surface area contributed by atoms with Crippen LogP contribution >= 0.6 is 15.9 Å². The number of hydrogen-bond acceptors (Lipinski definition) is 3. The number of nitrogens with one attached hydrogen (secondary N) is 1. The summed E-state index contributed by atoms with van der Waals surface area (Å²) in [5.74, 6) is 0. The van der Waals surface area contributed by atoms with Crippen LogP contribution in [0.1, 0.15) is 11.1 Å². The van der Waals surface area contributed by atoms with E-state index in [-0.39, 0.29) is 0 Å². The Morgan fingerprint density at radius 3 is 2.62 bits per heavy atom. The van der Waals surface area contributed by atoms with Gasteiger partial charge in [0.1, 0.15) is 0 Å². The highest BCUT2D eigenvalue weighted by molar-refractivity contribution is 9.10. The Hall–Kier alpha value is -2.07. The summed E-state index contributed by atoms with van der Waals surface area (Å²) in [6, 6.07) is 12.2. The molecule has 21 heavy (non-hydrogen) atoms. The predicted octanol–water partition coefficient (Wildman–Crippen LogP) is 4.94. The number of fused-ring (bicyclic) bond motifs is 1. The van der Waals surface area contributed by atoms with Gasteiger partial charge >= 0.3 is 0 Å². The minimum absolute atomic E-state index is 0.726. The van der Waals surface area contributed by atoms with E-state index in [4.69, 9.17) is 5.73 Å². The molecule has 0 radical (unpaired) electrons. The average molecular weight is 342 g/mol. The van der Waals surface area contributed by atoms with Gasteiger partial charge in [0.2, 0.25) is 0 Å². The van der Waals surface area contributed by atoms with Crippen LogP contribution in [0.25, 0.3) is 10.9 Å². The van der Waals surface area contributed by atoms with Gasteiger partial charge in [-0.2, -0.15) is 0 Å². The quantitative estimate of drug-likeness (QED) is 0.649. The molecule has 106 valence electrons. The number of aryl methyl sites for hydroxylation is 2. The highest BCUT2D eigenvalue weighted by atomic mass is 79.9. The van der Waals surface area contributed by atoms with E-state index < -0.39 is 0 Å². The van der Waals surface area contributed by atoms with Crippen molar-refractivity contribution in [3.63, 3.8) is 0 Å². The first-order valence-corrected chi connectivity index (χ1v) is 7.52. The number of nitrogens with zero attached hydrogens (tertiary/aromatic N) is 1. The molecule has 0 unspecified atom stereocenters. The van der Waals surface area contributed by atoms with Crippen LogP contribution in [0.3, 0.4) is 0 Å². The van der Waals surface area contributed by atoms with E-state index in [9.17, 15) is 0 Å². The molecule has 3 aromatic rings. The van der Waals surface area contributed by atoms with E-state index in [0.29, 0.717) is 0 Å². The van der Waals surface area contributed by atoms with Gasteiger partial charge in [0.15, 0.2) is 0 Å². The molecule has 3 nitrogen and oxygen atoms in total. The van der Waals surface area contributed by atoms with Crippen molar-refractivity contribution in [1.82, 2.24) is 4.98 Å². The first-order chi connectivity index (χ1) is 10.0. The first-order valence-electron chi connectivity index (χ1n) is 6.72. The van der Waals surface area contributed by atoms with Crippen molar-refractivity contribution in [3.05, 3.63) is 58.2 Å². The van der Waals surface area contributed by atoms with Crippen LogP contribution in [-0.2, 0) is 0 Å². The zero-order valence-electron chi connectivity index (χ0n) is 11.9. The minimum Gasteiger partial charge on any atom is -0.398 e. The smallest absolute Gasteiger partial charge is 0.0958 e. The van der Waals surface area contributed by atoms with Crippen LogP contribution in [-0.4, -0.2) is 4.98 Å². The standard InChI is InChI=1S/C17H16BrN3/c1-10-3-4-13(7-11(10)2)21-16-6-5-15(19)14-8-12(18)9-20-17(14)16/h3-9,21H,19H2,1-2H3. The number of aromatic nitrogens is 1. The molecule has 0 saturated carbocycles. The Bertz CT molecular complexity index is 828. The third-order valence-electron chi connectivity index (χ3n) is 3.64. The summed E-state index contributed by atoms with van der Waals surface area (Å²) in [4.78, 5) is 4.49. The maximum Gasteiger partial charge on any atom is 0.0958 e. The average Bonchev–Trinajstić information content (AvgIpc) is 2.46. The number of nitrogens with two attached hydrogens (primary N) is 1. The van der Waals surface area contributed by atoms with Crippen LogP contribution in [0.5, 0.6) is 0 Å². The van der Waals surface area contributed by atoms with Crippen LogP contribution in [0.4, 0.5) is 17.1 Å². The van der Waals surface area contributed by atoms with Gasteiger partial charge in [0.05, 0.1) is 11.2 Å². The van der Waals surface area contributed by atoms with Gasteiger partial charge in [-0.05, 0) is 71.2 Å². The summed E-state index contributed by atoms with van der Waals surface area (Å²) in [6.45, 7) is 4.22. The number of hydrogen-bond donors (Lipinski definition) is 2. The summed E-state index contributed by atoms with van der Waals surface area (Å²) in [5, 5.41) is 4.37. The number of nitrogen functional groups attached to an aromatic ring is 1. The lowest BCUT2D eigenvalue weighted by molar-refractivity contribution is 1.33. The molecule has 4 heteroatoms. The molecule has 3 rings (SSSR count). The third kappa shape index (κ3) is 2.72. The molecular formula is C17H16BrN3. The van der Waals surface area contributed by atoms with Crippen molar-refractivity contribution in [2.24, 2.45) is 0 Å². The summed E-state index contributed by atoms with van der Waals surface area (Å²) in [5.41, 5.74) is 12.2. The van der Waals surface area contributed by atoms with Crippen molar-refractivity contribution in [3.8, 4) is 0 Å². The second-order valence-corrected chi connectivity index (χ2v) is 6.09. The molecule has 2 aromatic carbocycles. The number of rotatable bonds is 2. The van der Waals surface area contributed by atoms with E-state index >= 15 is 0 Å². The second kappa shape index (κ2) is 5.37. The molecule has 0 aliphatic rings. The summed E-state index contributed by atoms with van der Waals surface area (Å²) >= 11 is 3.44. The number of halogens is 1. The molecular weight excluding hydrogens is 326 g/mol. The van der Waals surface area contributed by atoms with Crippen LogP contribution < -0.4 is 11.1 Å². The van der Waals surface area contributed by atoms with E-state index in [1.165, 1.54) is 11.1 Å². The molecule has 3 N–H and O–H groups in total. The minimum atomic E-state index is 0.726. The fraction of sp³-hybridized carbons (Fsp3) is 0.118. The number of benzene rings is 2. The van der Waals surface area contributed by atoms with E-state index in [1.54, 1.807) is 6.20 Å². The fourth-order valence-corrected chi connectivity index (χ4v) is 2.62. The zero-order valence-corrected chi connectivity index (χ0v) is 13.5. The second-order valence-electron chi connectivity index (χ2n) is 5.18. The Morgan fingerprint density at radius 1 is 1.05 bits per heavy atom. The van der Waals surface area contributed by atoms with Gasteiger partial charge in [-0.1, -0.05) is 6.07 Å². The molecule has 0 amide bonds. The van der Waals surface area contributed by atoms with Crippen molar-refractivity contribution < 1.29 is 0 Å². The molecule has 0 bridgehead atoms. The number of anilines is 3. The van der Waals surface area contributed by atoms with Gasteiger partial charge in [-0.15, -0.1) is 0 Å². The maximum atomic E-state index is 6.04. The summed E-state index contributed by atoms with van der Waals surface area (Å²) in [7, 11) is 0. The van der Waals surface area contributed by atoms with Gasteiger partial charge in [0, 0.05) is 27.4 Å². The maximum absolute atomic E-state index is 6.04. The molecule has 0 fully saturated rings. The Balaban J connectivity index is 2.08. The molecule has 1 aromatic heterocycles. The molecule has 0 spiro atoms. The highest BCUT2D eigenvalue weighted by Crippen LogP contribution is 2.31. The summed E-state index contributed by atoms with van der Waals surface area (Å²) in [6.07, 6.45) is 1.79. The fourth-order valence-electron chi connectivity index (χ4n) is 2.29. The van der Waals surface area contributed by atoms with Crippen molar-refractivity contribution >= 4 is 43.9 Å². The normalized spacial score (nSPS) is 10.8. The van der Waals surface area contributed by atoms with Gasteiger partial charge in [0.25, 0.3) is 0 Å². The van der Waals surface area contributed by atoms with Crippen LogP contribution in [0.15, 0.2) is 47.1 Å². The van der Waals surface area contributed by atoms with Gasteiger partial charge in [-0.3, -0.25) is 4.98 Å².